The third-order valence-electron chi connectivity index (χ3n) is 3.07. The molecule has 3 unspecified atom stereocenters. The van der Waals surface area contributed by atoms with E-state index in [1.165, 1.54) is 0 Å². The van der Waals surface area contributed by atoms with Gasteiger partial charge in [0.05, 0.1) is 6.10 Å². The Labute approximate surface area is 104 Å². The fraction of sp³-hybridized carbons (Fsp3) is 0.923. The Hall–Kier alpha value is -0.610. The van der Waals surface area contributed by atoms with Crippen molar-refractivity contribution < 1.29 is 14.6 Å². The van der Waals surface area contributed by atoms with Gasteiger partial charge in [-0.3, -0.25) is 4.79 Å². The minimum absolute atomic E-state index is 0.215. The van der Waals surface area contributed by atoms with Crippen molar-refractivity contribution in [3.63, 3.8) is 0 Å². The first-order chi connectivity index (χ1) is 7.79. The molecular weight excluding hydrogens is 218 g/mol. The minimum atomic E-state index is -0.445. The molecule has 0 aromatic heterocycles. The van der Waals surface area contributed by atoms with Crippen molar-refractivity contribution in [3.8, 4) is 0 Å². The normalized spacial score (nSPS) is 26.9. The number of nitrogens with one attached hydrogen (secondary N) is 1. The quantitative estimate of drug-likeness (QED) is 0.734. The van der Waals surface area contributed by atoms with Crippen LogP contribution in [0.4, 0.5) is 0 Å². The summed E-state index contributed by atoms with van der Waals surface area (Å²) in [4.78, 5) is 11.7. The lowest BCUT2D eigenvalue weighted by atomic mass is 10.1. The second kappa shape index (κ2) is 5.83. The molecule has 1 fully saturated rings. The van der Waals surface area contributed by atoms with Crippen LogP contribution in [0.15, 0.2) is 0 Å². The maximum absolute atomic E-state index is 11.7. The number of ether oxygens (including phenoxy) is 1. The van der Waals surface area contributed by atoms with Crippen molar-refractivity contribution >= 4 is 5.97 Å². The predicted octanol–water partition coefficient (Wildman–Crippen LogP) is 1.47. The van der Waals surface area contributed by atoms with Crippen LogP contribution in [0.1, 0.15) is 47.0 Å². The SMILES string of the molecule is CC(NCC1CCCC1O)C(=O)OC(C)(C)C. The summed E-state index contributed by atoms with van der Waals surface area (Å²) in [5.41, 5.74) is -0.445. The Bertz CT molecular complexity index is 260. The first-order valence-electron chi connectivity index (χ1n) is 6.44. The van der Waals surface area contributed by atoms with E-state index < -0.39 is 5.60 Å². The van der Waals surface area contributed by atoms with Crippen LogP contribution in [0.5, 0.6) is 0 Å². The Kier molecular flexibility index (Phi) is 4.95. The number of rotatable bonds is 4. The van der Waals surface area contributed by atoms with Gasteiger partial charge in [0.1, 0.15) is 11.6 Å². The molecule has 0 aromatic rings. The van der Waals surface area contributed by atoms with Crippen LogP contribution in [-0.4, -0.2) is 35.4 Å². The van der Waals surface area contributed by atoms with E-state index in [-0.39, 0.29) is 24.0 Å². The van der Waals surface area contributed by atoms with Crippen molar-refractivity contribution in [1.29, 1.82) is 0 Å². The predicted molar refractivity (Wildman–Crippen MR) is 66.7 cm³/mol. The molecule has 1 rings (SSSR count). The van der Waals surface area contributed by atoms with Crippen molar-refractivity contribution in [1.82, 2.24) is 5.32 Å². The van der Waals surface area contributed by atoms with E-state index >= 15 is 0 Å². The molecule has 0 amide bonds. The zero-order chi connectivity index (χ0) is 13.1. The lowest BCUT2D eigenvalue weighted by Crippen LogP contribution is -2.42. The number of carbonyl (C=O) groups excluding carboxylic acids is 1. The van der Waals surface area contributed by atoms with Crippen LogP contribution in [0.25, 0.3) is 0 Å². The highest BCUT2D eigenvalue weighted by Gasteiger charge is 2.27. The number of esters is 1. The molecule has 0 bridgehead atoms. The molecule has 1 saturated carbocycles. The number of hydrogen-bond acceptors (Lipinski definition) is 4. The van der Waals surface area contributed by atoms with Crippen molar-refractivity contribution in [3.05, 3.63) is 0 Å². The van der Waals surface area contributed by atoms with Crippen molar-refractivity contribution in [2.24, 2.45) is 5.92 Å². The lowest BCUT2D eigenvalue weighted by Gasteiger charge is -2.24. The van der Waals surface area contributed by atoms with Gasteiger partial charge >= 0.3 is 5.97 Å². The van der Waals surface area contributed by atoms with Gasteiger partial charge < -0.3 is 15.2 Å². The second-order valence-corrected chi connectivity index (χ2v) is 5.92. The van der Waals surface area contributed by atoms with Crippen LogP contribution in [0.2, 0.25) is 0 Å². The van der Waals surface area contributed by atoms with E-state index in [0.717, 1.165) is 19.3 Å². The van der Waals surface area contributed by atoms with Gasteiger partial charge in [0, 0.05) is 6.54 Å². The molecule has 0 aromatic carbocycles. The summed E-state index contributed by atoms with van der Waals surface area (Å²) < 4.78 is 5.28. The number of hydrogen-bond donors (Lipinski definition) is 2. The Morgan fingerprint density at radius 1 is 1.47 bits per heavy atom. The highest BCUT2D eigenvalue weighted by Crippen LogP contribution is 2.24. The molecule has 0 saturated heterocycles. The molecule has 0 radical (unpaired) electrons. The molecule has 0 heterocycles. The second-order valence-electron chi connectivity index (χ2n) is 5.92. The molecule has 4 heteroatoms. The molecule has 100 valence electrons. The van der Waals surface area contributed by atoms with E-state index in [1.54, 1.807) is 6.92 Å². The van der Waals surface area contributed by atoms with Crippen LogP contribution >= 0.6 is 0 Å². The van der Waals surface area contributed by atoms with Gasteiger partial charge in [-0.1, -0.05) is 6.42 Å². The molecule has 2 N–H and O–H groups in total. The molecule has 17 heavy (non-hydrogen) atoms. The van der Waals surface area contributed by atoms with E-state index in [1.807, 2.05) is 20.8 Å². The molecular formula is C13H25NO3. The lowest BCUT2D eigenvalue weighted by molar-refractivity contribution is -0.157. The first kappa shape index (κ1) is 14.5. The number of aliphatic hydroxyl groups is 1. The third-order valence-corrected chi connectivity index (χ3v) is 3.07. The van der Waals surface area contributed by atoms with Gasteiger partial charge in [-0.05, 0) is 46.5 Å². The summed E-state index contributed by atoms with van der Waals surface area (Å²) in [6, 6.07) is -0.318. The summed E-state index contributed by atoms with van der Waals surface area (Å²) in [6.45, 7) is 8.06. The zero-order valence-corrected chi connectivity index (χ0v) is 11.3. The van der Waals surface area contributed by atoms with Crippen molar-refractivity contribution in [2.75, 3.05) is 6.54 Å². The average Bonchev–Trinajstić information content (AvgIpc) is 2.57. The Morgan fingerprint density at radius 3 is 2.59 bits per heavy atom. The Morgan fingerprint density at radius 2 is 2.12 bits per heavy atom. The van der Waals surface area contributed by atoms with Crippen LogP contribution < -0.4 is 5.32 Å². The van der Waals surface area contributed by atoms with E-state index in [0.29, 0.717) is 6.54 Å². The standard InChI is InChI=1S/C13H25NO3/c1-9(12(16)17-13(2,3)4)14-8-10-6-5-7-11(10)15/h9-11,14-15H,5-8H2,1-4H3. The largest absolute Gasteiger partial charge is 0.459 e. The van der Waals surface area contributed by atoms with Gasteiger partial charge in [-0.2, -0.15) is 0 Å². The van der Waals surface area contributed by atoms with Crippen LogP contribution in [0.3, 0.4) is 0 Å². The van der Waals surface area contributed by atoms with Gasteiger partial charge in [0.15, 0.2) is 0 Å². The van der Waals surface area contributed by atoms with Gasteiger partial charge in [0.2, 0.25) is 0 Å². The zero-order valence-electron chi connectivity index (χ0n) is 11.3. The highest BCUT2D eigenvalue weighted by molar-refractivity contribution is 5.75. The molecule has 4 nitrogen and oxygen atoms in total. The smallest absolute Gasteiger partial charge is 0.323 e. The molecule has 1 aliphatic carbocycles. The maximum Gasteiger partial charge on any atom is 0.323 e. The van der Waals surface area contributed by atoms with Crippen LogP contribution in [0, 0.1) is 5.92 Å². The minimum Gasteiger partial charge on any atom is -0.459 e. The summed E-state index contributed by atoms with van der Waals surface area (Å²) in [5.74, 6) is 0.0462. The monoisotopic (exact) mass is 243 g/mol. The van der Waals surface area contributed by atoms with Crippen LogP contribution in [-0.2, 0) is 9.53 Å². The highest BCUT2D eigenvalue weighted by atomic mass is 16.6. The van der Waals surface area contributed by atoms with E-state index in [2.05, 4.69) is 5.32 Å². The average molecular weight is 243 g/mol. The maximum atomic E-state index is 11.7. The molecule has 0 spiro atoms. The third kappa shape index (κ3) is 5.04. The van der Waals surface area contributed by atoms with Gasteiger partial charge in [-0.25, -0.2) is 0 Å². The number of carbonyl (C=O) groups is 1. The number of aliphatic hydroxyl groups excluding tert-OH is 1. The van der Waals surface area contributed by atoms with Crippen molar-refractivity contribution in [2.45, 2.75) is 64.7 Å². The first-order valence-corrected chi connectivity index (χ1v) is 6.44. The summed E-state index contributed by atoms with van der Waals surface area (Å²) in [7, 11) is 0. The molecule has 1 aliphatic rings. The molecule has 3 atom stereocenters. The summed E-state index contributed by atoms with van der Waals surface area (Å²) in [6.07, 6.45) is 2.78. The van der Waals surface area contributed by atoms with Gasteiger partial charge in [0.25, 0.3) is 0 Å². The summed E-state index contributed by atoms with van der Waals surface area (Å²) >= 11 is 0. The fourth-order valence-corrected chi connectivity index (χ4v) is 2.06. The topological polar surface area (TPSA) is 58.6 Å². The molecule has 0 aliphatic heterocycles. The fourth-order valence-electron chi connectivity index (χ4n) is 2.06. The van der Waals surface area contributed by atoms with E-state index in [9.17, 15) is 9.90 Å². The van der Waals surface area contributed by atoms with Gasteiger partial charge in [-0.15, -0.1) is 0 Å². The Balaban J connectivity index is 2.29. The summed E-state index contributed by atoms with van der Waals surface area (Å²) in [5, 5.41) is 12.8. The van der Waals surface area contributed by atoms with E-state index in [4.69, 9.17) is 4.74 Å².